The Bertz CT molecular complexity index is 859. The lowest BCUT2D eigenvalue weighted by atomic mass is 10.1. The molecule has 0 saturated heterocycles. The van der Waals surface area contributed by atoms with E-state index in [1.807, 2.05) is 48.5 Å². The van der Waals surface area contributed by atoms with Gasteiger partial charge in [0, 0.05) is 6.42 Å². The van der Waals surface area contributed by atoms with E-state index in [4.69, 9.17) is 5.11 Å². The maximum Gasteiger partial charge on any atom is 0.273 e. The van der Waals surface area contributed by atoms with E-state index >= 15 is 0 Å². The molecule has 0 radical (unpaired) electrons. The highest BCUT2D eigenvalue weighted by molar-refractivity contribution is 5.74. The Balaban J connectivity index is 2.12. The zero-order valence-corrected chi connectivity index (χ0v) is 12.6. The summed E-state index contributed by atoms with van der Waals surface area (Å²) in [6.07, 6.45) is -0.553. The van der Waals surface area contributed by atoms with E-state index in [1.54, 1.807) is 6.07 Å². The van der Waals surface area contributed by atoms with Crippen molar-refractivity contribution in [2.75, 3.05) is 6.61 Å². The van der Waals surface area contributed by atoms with Crippen LogP contribution in [0.3, 0.4) is 0 Å². The van der Waals surface area contributed by atoms with E-state index in [9.17, 15) is 9.90 Å². The molecule has 118 valence electrons. The highest BCUT2D eigenvalue weighted by atomic mass is 16.3. The largest absolute Gasteiger partial charge is 0.394 e. The molecule has 0 unspecified atom stereocenters. The quantitative estimate of drug-likeness (QED) is 0.746. The second-order valence-corrected chi connectivity index (χ2v) is 5.46. The topological polar surface area (TPSA) is 75.4 Å². The minimum atomic E-state index is -0.983. The monoisotopic (exact) mass is 310 g/mol. The van der Waals surface area contributed by atoms with Crippen LogP contribution in [0.2, 0.25) is 0 Å². The number of aliphatic hydroxyl groups excluding tert-OH is 2. The molecule has 2 aromatic carbocycles. The molecule has 0 aliphatic rings. The van der Waals surface area contributed by atoms with Gasteiger partial charge in [0.05, 0.1) is 30.3 Å². The molecule has 5 heteroatoms. The third kappa shape index (κ3) is 3.31. The van der Waals surface area contributed by atoms with Crippen LogP contribution in [0.1, 0.15) is 11.3 Å². The number of aromatic nitrogens is 2. The third-order valence-corrected chi connectivity index (χ3v) is 3.74. The van der Waals surface area contributed by atoms with Crippen molar-refractivity contribution in [1.29, 1.82) is 0 Å². The lowest BCUT2D eigenvalue weighted by Gasteiger charge is -2.14. The van der Waals surface area contributed by atoms with Crippen molar-refractivity contribution in [3.05, 3.63) is 76.2 Å². The number of para-hydroxylation sites is 2. The van der Waals surface area contributed by atoms with Crippen LogP contribution < -0.4 is 5.56 Å². The number of aliphatic hydroxyl groups is 2. The van der Waals surface area contributed by atoms with Crippen LogP contribution in [0.5, 0.6) is 0 Å². The van der Waals surface area contributed by atoms with Crippen LogP contribution in [-0.4, -0.2) is 32.5 Å². The van der Waals surface area contributed by atoms with Crippen molar-refractivity contribution in [1.82, 2.24) is 9.55 Å². The summed E-state index contributed by atoms with van der Waals surface area (Å²) in [4.78, 5) is 17.2. The molecule has 0 saturated carbocycles. The molecule has 23 heavy (non-hydrogen) atoms. The highest BCUT2D eigenvalue weighted by Crippen LogP contribution is 2.12. The Morgan fingerprint density at radius 1 is 1.04 bits per heavy atom. The molecule has 0 amide bonds. The van der Waals surface area contributed by atoms with Gasteiger partial charge in [0.2, 0.25) is 0 Å². The summed E-state index contributed by atoms with van der Waals surface area (Å²) in [5.74, 6) is 0. The van der Waals surface area contributed by atoms with Gasteiger partial charge in [0.1, 0.15) is 5.69 Å². The molecule has 2 N–H and O–H groups in total. The first-order chi connectivity index (χ1) is 11.2. The van der Waals surface area contributed by atoms with E-state index in [1.165, 1.54) is 4.57 Å². The highest BCUT2D eigenvalue weighted by Gasteiger charge is 2.14. The van der Waals surface area contributed by atoms with Gasteiger partial charge >= 0.3 is 0 Å². The predicted molar refractivity (Wildman–Crippen MR) is 88.3 cm³/mol. The van der Waals surface area contributed by atoms with Gasteiger partial charge in [-0.15, -0.1) is 0 Å². The van der Waals surface area contributed by atoms with Gasteiger partial charge in [0.15, 0.2) is 0 Å². The van der Waals surface area contributed by atoms with Gasteiger partial charge in [-0.25, -0.2) is 4.98 Å². The van der Waals surface area contributed by atoms with Gasteiger partial charge in [0.25, 0.3) is 5.56 Å². The summed E-state index contributed by atoms with van der Waals surface area (Å²) in [5, 5.41) is 18.8. The Hall–Kier alpha value is -2.50. The Morgan fingerprint density at radius 2 is 1.74 bits per heavy atom. The van der Waals surface area contributed by atoms with Crippen molar-refractivity contribution in [2.24, 2.45) is 0 Å². The minimum absolute atomic E-state index is 0.0418. The molecule has 0 aliphatic heterocycles. The SMILES string of the molecule is O=c1c(Cc2ccccc2)nc2ccccc2n1C[C@@H](O)CO. The third-order valence-electron chi connectivity index (χ3n) is 3.74. The summed E-state index contributed by atoms with van der Waals surface area (Å²) in [6, 6.07) is 17.0. The first-order valence-corrected chi connectivity index (χ1v) is 7.50. The van der Waals surface area contributed by atoms with Gasteiger partial charge in [-0.05, 0) is 17.7 Å². The fourth-order valence-electron chi connectivity index (χ4n) is 2.60. The Labute approximate surface area is 133 Å². The standard InChI is InChI=1S/C18H18N2O3/c21-12-14(22)11-20-17-9-5-4-8-15(17)19-16(18(20)23)10-13-6-2-1-3-7-13/h1-9,14,21-22H,10-12H2/t14-/m1/s1. The molecule has 1 aromatic heterocycles. The van der Waals surface area contributed by atoms with Crippen LogP contribution in [0.25, 0.3) is 11.0 Å². The summed E-state index contributed by atoms with van der Waals surface area (Å²) in [7, 11) is 0. The van der Waals surface area contributed by atoms with Gasteiger partial charge in [-0.2, -0.15) is 0 Å². The number of benzene rings is 2. The lowest BCUT2D eigenvalue weighted by Crippen LogP contribution is -2.31. The maximum atomic E-state index is 12.7. The van der Waals surface area contributed by atoms with Gasteiger partial charge < -0.3 is 14.8 Å². The first kappa shape index (κ1) is 15.4. The average molecular weight is 310 g/mol. The number of hydrogen-bond acceptors (Lipinski definition) is 4. The second kappa shape index (κ2) is 6.73. The van der Waals surface area contributed by atoms with Gasteiger partial charge in [-0.3, -0.25) is 4.79 Å². The normalized spacial score (nSPS) is 12.4. The molecule has 0 fully saturated rings. The zero-order valence-electron chi connectivity index (χ0n) is 12.6. The molecule has 1 atom stereocenters. The molecule has 0 spiro atoms. The van der Waals surface area contributed by atoms with E-state index in [2.05, 4.69) is 4.98 Å². The van der Waals surface area contributed by atoms with E-state index in [0.717, 1.165) is 5.56 Å². The second-order valence-electron chi connectivity index (χ2n) is 5.46. The molecule has 1 heterocycles. The Kier molecular flexibility index (Phi) is 4.50. The average Bonchev–Trinajstić information content (AvgIpc) is 2.59. The van der Waals surface area contributed by atoms with Crippen LogP contribution in [-0.2, 0) is 13.0 Å². The summed E-state index contributed by atoms with van der Waals surface area (Å²) in [5.41, 5.74) is 2.55. The van der Waals surface area contributed by atoms with Crippen LogP contribution in [0, 0.1) is 0 Å². The summed E-state index contributed by atoms with van der Waals surface area (Å²) in [6.45, 7) is -0.350. The van der Waals surface area contributed by atoms with E-state index < -0.39 is 12.7 Å². The summed E-state index contributed by atoms with van der Waals surface area (Å²) >= 11 is 0. The van der Waals surface area contributed by atoms with E-state index in [0.29, 0.717) is 23.1 Å². The molecule has 0 bridgehead atoms. The van der Waals surface area contributed by atoms with Crippen molar-refractivity contribution in [2.45, 2.75) is 19.1 Å². The lowest BCUT2D eigenvalue weighted by molar-refractivity contribution is 0.0813. The summed E-state index contributed by atoms with van der Waals surface area (Å²) < 4.78 is 1.49. The van der Waals surface area contributed by atoms with Crippen LogP contribution in [0.4, 0.5) is 0 Å². The predicted octanol–water partition coefficient (Wildman–Crippen LogP) is 1.34. The Morgan fingerprint density at radius 3 is 2.48 bits per heavy atom. The van der Waals surface area contributed by atoms with Gasteiger partial charge in [-0.1, -0.05) is 42.5 Å². The van der Waals surface area contributed by atoms with Crippen LogP contribution in [0.15, 0.2) is 59.4 Å². The molecule has 3 rings (SSSR count). The molecule has 3 aromatic rings. The van der Waals surface area contributed by atoms with Crippen molar-refractivity contribution in [3.8, 4) is 0 Å². The molecular weight excluding hydrogens is 292 g/mol. The van der Waals surface area contributed by atoms with E-state index in [-0.39, 0.29) is 12.1 Å². The van der Waals surface area contributed by atoms with Crippen molar-refractivity contribution < 1.29 is 10.2 Å². The fourth-order valence-corrected chi connectivity index (χ4v) is 2.60. The number of rotatable bonds is 5. The number of fused-ring (bicyclic) bond motifs is 1. The van der Waals surface area contributed by atoms with Crippen molar-refractivity contribution in [3.63, 3.8) is 0 Å². The molecule has 0 aliphatic carbocycles. The van der Waals surface area contributed by atoms with Crippen molar-refractivity contribution >= 4 is 11.0 Å². The number of hydrogen-bond donors (Lipinski definition) is 2. The maximum absolute atomic E-state index is 12.7. The minimum Gasteiger partial charge on any atom is -0.394 e. The fraction of sp³-hybridized carbons (Fsp3) is 0.222. The molecule has 5 nitrogen and oxygen atoms in total. The molecular formula is C18H18N2O3. The van der Waals surface area contributed by atoms with Crippen LogP contribution >= 0.6 is 0 Å². The first-order valence-electron chi connectivity index (χ1n) is 7.50. The number of nitrogens with zero attached hydrogens (tertiary/aromatic N) is 2. The smallest absolute Gasteiger partial charge is 0.273 e. The zero-order chi connectivity index (χ0) is 16.2.